The fourth-order valence-electron chi connectivity index (χ4n) is 11.3. The molecule has 1 aromatic carbocycles. The molecule has 4 aliphatic rings. The number of benzene rings is 1. The topological polar surface area (TPSA) is 263 Å². The molecule has 4 saturated heterocycles. The van der Waals surface area contributed by atoms with Crippen LogP contribution in [0, 0.1) is 23.7 Å². The molecule has 6 N–H and O–H groups in total. The van der Waals surface area contributed by atoms with E-state index < -0.39 is 114 Å². The fourth-order valence-corrected chi connectivity index (χ4v) is 11.3. The highest BCUT2D eigenvalue weighted by molar-refractivity contribution is 5.84. The monoisotopic (exact) mass is 1000 g/mol. The summed E-state index contributed by atoms with van der Waals surface area (Å²) in [6.45, 7) is 16.4. The van der Waals surface area contributed by atoms with E-state index in [1.165, 1.54) is 14.0 Å². The number of aromatic nitrogens is 3. The number of Topliss-reactive ketones (excluding diaryl/α,β-unsaturated/α-hetero) is 1. The van der Waals surface area contributed by atoms with Gasteiger partial charge in [0.1, 0.15) is 35.4 Å². The summed E-state index contributed by atoms with van der Waals surface area (Å²) in [5.41, 5.74) is -0.102. The standard InChI is InChI=1S/C51H81N5O15/c1-12-38-51(9,63)44(60)29(3)41(58)35-23-50(8,66-27-35)46(30(4)43(31(5)47(62)69-38)70-40-24-49(7,65-11)45(61)32(6)68-40)71-48-42(59)37(21-28(2)67-48)55(10)25-33-17-16-18-34(22-33)36-26-56(54-52-36)20-15-13-14-19-39(57)53-64/h16-18,22,26,28-32,35,37-38,40,42-46,48,59-61,63-64H,12-15,19-21,23-25,27H2,1-11H3,(H,53,57)/t28-,29+,30+,31-,32+,35+,37+,38-,40+,42-,43+,44-,45+,46-,48+,49-,50-,51-/m1/s1. The van der Waals surface area contributed by atoms with E-state index in [1.54, 1.807) is 44.8 Å². The Kier molecular flexibility index (Phi) is 19.0. The number of cyclic esters (lactones) is 1. The number of fused-ring (bicyclic) bond motifs is 2. The lowest BCUT2D eigenvalue weighted by Gasteiger charge is -2.49. The van der Waals surface area contributed by atoms with Crippen LogP contribution >= 0.6 is 0 Å². The molecular weight excluding hydrogens is 923 g/mol. The third-order valence-corrected chi connectivity index (χ3v) is 15.8. The molecular formula is C51H81N5O15. The minimum Gasteiger partial charge on any atom is -0.459 e. The van der Waals surface area contributed by atoms with Crippen LogP contribution < -0.4 is 5.48 Å². The maximum Gasteiger partial charge on any atom is 0.311 e. The van der Waals surface area contributed by atoms with Gasteiger partial charge in [-0.25, -0.2) is 5.48 Å². The smallest absolute Gasteiger partial charge is 0.311 e. The number of hydrogen-bond acceptors (Lipinski definition) is 18. The molecule has 0 unspecified atom stereocenters. The maximum absolute atomic E-state index is 14.4. The van der Waals surface area contributed by atoms with Gasteiger partial charge in [0.25, 0.3) is 0 Å². The molecule has 2 bridgehead atoms. The van der Waals surface area contributed by atoms with Gasteiger partial charge in [0, 0.05) is 62.4 Å². The minimum atomic E-state index is -2.00. The first kappa shape index (κ1) is 56.8. The summed E-state index contributed by atoms with van der Waals surface area (Å²) >= 11 is 0. The number of esters is 1. The third-order valence-electron chi connectivity index (χ3n) is 15.8. The summed E-state index contributed by atoms with van der Waals surface area (Å²) in [4.78, 5) is 42.1. The summed E-state index contributed by atoms with van der Waals surface area (Å²) < 4.78 is 46.8. The summed E-state index contributed by atoms with van der Waals surface area (Å²) in [5.74, 6) is -5.03. The zero-order valence-corrected chi connectivity index (χ0v) is 43.4. The highest BCUT2D eigenvalue weighted by Crippen LogP contribution is 2.45. The number of nitrogens with zero attached hydrogens (tertiary/aromatic N) is 4. The van der Waals surface area contributed by atoms with Crippen LogP contribution in [-0.4, -0.2) is 168 Å². The first-order valence-corrected chi connectivity index (χ1v) is 25.4. The molecule has 4 fully saturated rings. The van der Waals surface area contributed by atoms with E-state index in [0.29, 0.717) is 31.6 Å². The van der Waals surface area contributed by atoms with Crippen molar-refractivity contribution in [3.05, 3.63) is 36.0 Å². The molecule has 0 radical (unpaired) electrons. The highest BCUT2D eigenvalue weighted by atomic mass is 16.7. The van der Waals surface area contributed by atoms with Gasteiger partial charge in [-0.05, 0) is 92.3 Å². The van der Waals surface area contributed by atoms with Crippen molar-refractivity contribution in [3.63, 3.8) is 0 Å². The lowest BCUT2D eigenvalue weighted by Crippen LogP contribution is -2.61. The van der Waals surface area contributed by atoms with Gasteiger partial charge < -0.3 is 53.6 Å². The largest absolute Gasteiger partial charge is 0.459 e. The van der Waals surface area contributed by atoms with Gasteiger partial charge in [0.05, 0.1) is 60.4 Å². The quantitative estimate of drug-likeness (QED) is 0.0606. The first-order chi connectivity index (χ1) is 33.5. The molecule has 5 heterocycles. The van der Waals surface area contributed by atoms with E-state index in [0.717, 1.165) is 24.0 Å². The zero-order valence-electron chi connectivity index (χ0n) is 43.4. The number of aliphatic hydroxyl groups is 4. The fraction of sp³-hybridized carbons (Fsp3) is 0.784. The average Bonchev–Trinajstić information content (AvgIpc) is 3.99. The van der Waals surface area contributed by atoms with E-state index in [2.05, 4.69) is 15.2 Å². The first-order valence-electron chi connectivity index (χ1n) is 25.4. The minimum absolute atomic E-state index is 0.0131. The van der Waals surface area contributed by atoms with Crippen LogP contribution in [-0.2, 0) is 60.6 Å². The number of unbranched alkanes of at least 4 members (excludes halogenated alkanes) is 2. The van der Waals surface area contributed by atoms with Crippen molar-refractivity contribution in [2.24, 2.45) is 23.7 Å². The van der Waals surface area contributed by atoms with Crippen molar-refractivity contribution in [1.82, 2.24) is 25.4 Å². The summed E-state index contributed by atoms with van der Waals surface area (Å²) in [7, 11) is 3.43. The molecule has 0 spiro atoms. The average molecular weight is 1000 g/mol. The van der Waals surface area contributed by atoms with E-state index in [-0.39, 0.29) is 44.2 Å². The van der Waals surface area contributed by atoms with Crippen molar-refractivity contribution < 1.29 is 73.2 Å². The second-order valence-electron chi connectivity index (χ2n) is 21.4. The van der Waals surface area contributed by atoms with Crippen LogP contribution in [0.5, 0.6) is 0 Å². The Morgan fingerprint density at radius 3 is 2.41 bits per heavy atom. The number of rotatable bonds is 16. The number of carbonyl (C=O) groups excluding carboxylic acids is 3. The van der Waals surface area contributed by atoms with Crippen LogP contribution in [0.1, 0.15) is 119 Å². The summed E-state index contributed by atoms with van der Waals surface area (Å²) in [6.07, 6.45) is -5.07. The zero-order chi connectivity index (χ0) is 52.2. The number of ketones is 1. The van der Waals surface area contributed by atoms with Crippen LogP contribution in [0.25, 0.3) is 11.3 Å². The normalized spacial score (nSPS) is 39.5. The van der Waals surface area contributed by atoms with Gasteiger partial charge in [-0.2, -0.15) is 0 Å². The lowest BCUT2D eigenvalue weighted by atomic mass is 9.75. The van der Waals surface area contributed by atoms with Gasteiger partial charge >= 0.3 is 5.97 Å². The molecule has 1 amide bonds. The van der Waals surface area contributed by atoms with Crippen molar-refractivity contribution in [3.8, 4) is 11.3 Å². The number of ether oxygens (including phenoxy) is 7. The molecule has 1 aromatic heterocycles. The number of amides is 1. The number of nitrogens with one attached hydrogen (secondary N) is 1. The molecule has 71 heavy (non-hydrogen) atoms. The number of likely N-dealkylation sites (N-methyl/N-ethyl adjacent to an activating group) is 1. The Morgan fingerprint density at radius 2 is 1.72 bits per heavy atom. The van der Waals surface area contributed by atoms with Crippen LogP contribution in [0.2, 0.25) is 0 Å². The summed E-state index contributed by atoms with van der Waals surface area (Å²) in [6, 6.07) is 7.51. The maximum atomic E-state index is 14.4. The van der Waals surface area contributed by atoms with Gasteiger partial charge in [-0.15, -0.1) is 5.10 Å². The summed E-state index contributed by atoms with van der Waals surface area (Å²) in [5, 5.41) is 64.2. The number of methoxy groups -OCH3 is 1. The Balaban J connectivity index is 1.27. The molecule has 0 aliphatic carbocycles. The molecule has 20 heteroatoms. The van der Waals surface area contributed by atoms with Crippen LogP contribution in [0.15, 0.2) is 30.5 Å². The van der Waals surface area contributed by atoms with E-state index in [4.69, 9.17) is 38.4 Å². The Morgan fingerprint density at radius 1 is 0.986 bits per heavy atom. The SMILES string of the molecule is CC[C@H]1OC(=O)[C@H](C)[C@@H](O[C@H]2C[C@@](C)(OC)[C@@H](O)[C@H](C)O2)[C@H](C)[C@@H](O[C@@H]2O[C@H](C)C[C@H](N(C)Cc3cccc(-c4cn(CCCCCC(=O)NO)nn4)c3)[C@H]2O)[C@@]2(C)C[C@@H](CO2)C(=O)[C@H](C)[C@@H](O)[C@]1(C)O. The number of aryl methyl sites for hydroxylation is 1. The second-order valence-corrected chi connectivity index (χ2v) is 21.4. The molecule has 2 aromatic rings. The molecule has 6 rings (SSSR count). The van der Waals surface area contributed by atoms with E-state index >= 15 is 0 Å². The number of carbonyl (C=O) groups is 3. The number of hydrogen-bond donors (Lipinski definition) is 6. The number of aliphatic hydroxyl groups excluding tert-OH is 3. The molecule has 4 aliphatic heterocycles. The predicted molar refractivity (Wildman–Crippen MR) is 256 cm³/mol. The van der Waals surface area contributed by atoms with Crippen LogP contribution in [0.4, 0.5) is 0 Å². The predicted octanol–water partition coefficient (Wildman–Crippen LogP) is 3.70. The van der Waals surface area contributed by atoms with Gasteiger partial charge in [-0.3, -0.25) is 29.2 Å². The molecule has 400 valence electrons. The Bertz CT molecular complexity index is 2090. The molecule has 18 atom stereocenters. The highest BCUT2D eigenvalue weighted by Gasteiger charge is 2.56. The van der Waals surface area contributed by atoms with Gasteiger partial charge in [0.2, 0.25) is 5.91 Å². The lowest BCUT2D eigenvalue weighted by molar-refractivity contribution is -0.317. The Labute approximate surface area is 417 Å². The molecule has 0 saturated carbocycles. The Hall–Kier alpha value is -3.51. The van der Waals surface area contributed by atoms with E-state index in [9.17, 15) is 34.8 Å². The van der Waals surface area contributed by atoms with Gasteiger partial charge in [0.15, 0.2) is 12.6 Å². The number of hydroxylamine groups is 1. The third kappa shape index (κ3) is 12.9. The van der Waals surface area contributed by atoms with Crippen molar-refractivity contribution in [2.45, 2.75) is 211 Å². The van der Waals surface area contributed by atoms with E-state index in [1.807, 2.05) is 58.3 Å². The second kappa shape index (κ2) is 23.8. The van der Waals surface area contributed by atoms with Crippen molar-refractivity contribution >= 4 is 17.7 Å². The molecule has 20 nitrogen and oxygen atoms in total. The van der Waals surface area contributed by atoms with Crippen molar-refractivity contribution in [1.29, 1.82) is 0 Å². The van der Waals surface area contributed by atoms with Crippen LogP contribution in [0.3, 0.4) is 0 Å². The van der Waals surface area contributed by atoms with Crippen molar-refractivity contribution in [2.75, 3.05) is 20.8 Å². The van der Waals surface area contributed by atoms with Gasteiger partial charge in [-0.1, -0.05) is 50.6 Å².